The summed E-state index contributed by atoms with van der Waals surface area (Å²) in [6, 6.07) is 15.1. The fraction of sp³-hybridized carbons (Fsp3) is 0.300. The Kier molecular flexibility index (Phi) is 5.97. The number of hydrogen-bond acceptors (Lipinski definition) is 5. The van der Waals surface area contributed by atoms with E-state index in [-0.39, 0.29) is 35.4 Å². The first-order valence-electron chi connectivity index (χ1n) is 8.90. The molecule has 8 heteroatoms. The van der Waals surface area contributed by atoms with Gasteiger partial charge in [-0.05, 0) is 49.2 Å². The number of carbonyl (C=O) groups is 1. The first kappa shape index (κ1) is 19.9. The number of nitrogens with zero attached hydrogens (tertiary/aromatic N) is 2. The second-order valence-corrected chi connectivity index (χ2v) is 8.41. The van der Waals surface area contributed by atoms with Crippen LogP contribution in [0, 0.1) is 17.2 Å². The Bertz CT molecular complexity index is 989. The molecule has 1 aliphatic heterocycles. The van der Waals surface area contributed by atoms with Gasteiger partial charge in [0.2, 0.25) is 15.9 Å². The van der Waals surface area contributed by atoms with E-state index in [0.29, 0.717) is 24.3 Å². The van der Waals surface area contributed by atoms with E-state index in [9.17, 15) is 18.5 Å². The van der Waals surface area contributed by atoms with Gasteiger partial charge in [-0.1, -0.05) is 12.1 Å². The van der Waals surface area contributed by atoms with Crippen molar-refractivity contribution in [3.63, 3.8) is 0 Å². The normalized spacial score (nSPS) is 15.6. The molecule has 0 atom stereocenters. The molecule has 1 N–H and O–H groups in total. The Morgan fingerprint density at radius 2 is 1.79 bits per heavy atom. The number of rotatable bonds is 5. The van der Waals surface area contributed by atoms with Crippen LogP contribution in [0.3, 0.4) is 0 Å². The predicted molar refractivity (Wildman–Crippen MR) is 104 cm³/mol. The lowest BCUT2D eigenvalue weighted by molar-refractivity contribution is -0.120. The maximum absolute atomic E-state index is 12.9. The lowest BCUT2D eigenvalue weighted by Gasteiger charge is -2.30. The van der Waals surface area contributed by atoms with Gasteiger partial charge in [-0.2, -0.15) is 9.57 Å². The molecule has 2 aromatic carbocycles. The van der Waals surface area contributed by atoms with E-state index in [4.69, 9.17) is 4.74 Å². The second kappa shape index (κ2) is 8.42. The van der Waals surface area contributed by atoms with E-state index in [1.54, 1.807) is 43.5 Å². The molecule has 0 aliphatic carbocycles. The van der Waals surface area contributed by atoms with Crippen molar-refractivity contribution in [2.24, 2.45) is 5.92 Å². The van der Waals surface area contributed by atoms with Crippen molar-refractivity contribution in [3.05, 3.63) is 54.1 Å². The summed E-state index contributed by atoms with van der Waals surface area (Å²) in [4.78, 5) is 12.5. The standard InChI is InChI=1S/C20H21N3O4S/c1-27-18-8-6-17(7-9-18)22-20(24)15-10-12-23(13-11-15)28(25,26)19-5-3-2-4-16(19)14-21/h2-9,15H,10-13H2,1H3,(H,22,24). The van der Waals surface area contributed by atoms with Crippen molar-refractivity contribution in [1.29, 1.82) is 5.26 Å². The van der Waals surface area contributed by atoms with E-state index >= 15 is 0 Å². The summed E-state index contributed by atoms with van der Waals surface area (Å²) in [5.74, 6) is 0.313. The minimum Gasteiger partial charge on any atom is -0.497 e. The molecule has 1 amide bonds. The van der Waals surface area contributed by atoms with Gasteiger partial charge in [0.1, 0.15) is 11.8 Å². The molecule has 28 heavy (non-hydrogen) atoms. The SMILES string of the molecule is COc1ccc(NC(=O)C2CCN(S(=O)(=O)c3ccccc3C#N)CC2)cc1. The molecule has 1 aliphatic rings. The van der Waals surface area contributed by atoms with E-state index in [0.717, 1.165) is 0 Å². The lowest BCUT2D eigenvalue weighted by Crippen LogP contribution is -2.41. The molecule has 0 unspecified atom stereocenters. The maximum atomic E-state index is 12.9. The third kappa shape index (κ3) is 4.16. The average molecular weight is 399 g/mol. The Hall–Kier alpha value is -2.89. The monoisotopic (exact) mass is 399 g/mol. The van der Waals surface area contributed by atoms with Gasteiger partial charge in [0, 0.05) is 24.7 Å². The van der Waals surface area contributed by atoms with Crippen LogP contribution in [-0.2, 0) is 14.8 Å². The largest absolute Gasteiger partial charge is 0.497 e. The predicted octanol–water partition coefficient (Wildman–Crippen LogP) is 2.61. The van der Waals surface area contributed by atoms with E-state index in [2.05, 4.69) is 5.32 Å². The molecular formula is C20H21N3O4S. The van der Waals surface area contributed by atoms with E-state index in [1.165, 1.54) is 16.4 Å². The summed E-state index contributed by atoms with van der Waals surface area (Å²) in [7, 11) is -2.18. The lowest BCUT2D eigenvalue weighted by atomic mass is 9.97. The third-order valence-electron chi connectivity index (χ3n) is 4.81. The average Bonchev–Trinajstić information content (AvgIpc) is 2.74. The highest BCUT2D eigenvalue weighted by Crippen LogP contribution is 2.26. The van der Waals surface area contributed by atoms with Gasteiger partial charge in [-0.15, -0.1) is 0 Å². The number of nitrogens with one attached hydrogen (secondary N) is 1. The topological polar surface area (TPSA) is 99.5 Å². The summed E-state index contributed by atoms with van der Waals surface area (Å²) in [6.07, 6.45) is 0.853. The molecule has 146 valence electrons. The highest BCUT2D eigenvalue weighted by Gasteiger charge is 2.33. The number of carbonyl (C=O) groups excluding carboxylic acids is 1. The molecule has 3 rings (SSSR count). The quantitative estimate of drug-likeness (QED) is 0.833. The minimum absolute atomic E-state index is 0.0126. The van der Waals surface area contributed by atoms with Gasteiger partial charge in [-0.3, -0.25) is 4.79 Å². The van der Waals surface area contributed by atoms with Crippen LogP contribution in [-0.4, -0.2) is 38.8 Å². The summed E-state index contributed by atoms with van der Waals surface area (Å²) >= 11 is 0. The van der Waals surface area contributed by atoms with Crippen molar-refractivity contribution >= 4 is 21.6 Å². The molecule has 7 nitrogen and oxygen atoms in total. The van der Waals surface area contributed by atoms with E-state index in [1.807, 2.05) is 6.07 Å². The van der Waals surface area contributed by atoms with Crippen molar-refractivity contribution in [2.45, 2.75) is 17.7 Å². The van der Waals surface area contributed by atoms with Crippen LogP contribution in [0.25, 0.3) is 0 Å². The van der Waals surface area contributed by atoms with Gasteiger partial charge in [-0.25, -0.2) is 8.42 Å². The molecule has 1 fully saturated rings. The second-order valence-electron chi connectivity index (χ2n) is 6.50. The van der Waals surface area contributed by atoms with Gasteiger partial charge in [0.25, 0.3) is 0 Å². The molecule has 0 bridgehead atoms. The number of ether oxygens (including phenoxy) is 1. The van der Waals surface area contributed by atoms with Gasteiger partial charge < -0.3 is 10.1 Å². The molecule has 0 radical (unpaired) electrons. The molecule has 0 saturated carbocycles. The maximum Gasteiger partial charge on any atom is 0.244 e. The van der Waals surface area contributed by atoms with Crippen LogP contribution in [0.1, 0.15) is 18.4 Å². The molecule has 2 aromatic rings. The van der Waals surface area contributed by atoms with Crippen molar-refractivity contribution in [2.75, 3.05) is 25.5 Å². The fourth-order valence-electron chi connectivity index (χ4n) is 3.20. The first-order chi connectivity index (χ1) is 13.5. The molecule has 0 aromatic heterocycles. The molecule has 1 heterocycles. The Morgan fingerprint density at radius 1 is 1.14 bits per heavy atom. The third-order valence-corrected chi connectivity index (χ3v) is 6.76. The Morgan fingerprint density at radius 3 is 2.39 bits per heavy atom. The summed E-state index contributed by atoms with van der Waals surface area (Å²) < 4.78 is 32.2. The van der Waals surface area contributed by atoms with Crippen molar-refractivity contribution in [1.82, 2.24) is 4.31 Å². The summed E-state index contributed by atoms with van der Waals surface area (Å²) in [5, 5.41) is 12.0. The Balaban J connectivity index is 1.63. The number of methoxy groups -OCH3 is 1. The van der Waals surface area contributed by atoms with Gasteiger partial charge >= 0.3 is 0 Å². The van der Waals surface area contributed by atoms with Crippen LogP contribution in [0.4, 0.5) is 5.69 Å². The molecular weight excluding hydrogens is 378 g/mol. The van der Waals surface area contributed by atoms with Crippen molar-refractivity contribution in [3.8, 4) is 11.8 Å². The number of benzene rings is 2. The van der Waals surface area contributed by atoms with Crippen LogP contribution < -0.4 is 10.1 Å². The number of anilines is 1. The fourth-order valence-corrected chi connectivity index (χ4v) is 4.81. The number of piperidine rings is 1. The zero-order valence-corrected chi connectivity index (χ0v) is 16.3. The zero-order valence-electron chi connectivity index (χ0n) is 15.5. The van der Waals surface area contributed by atoms with Crippen LogP contribution in [0.5, 0.6) is 5.75 Å². The summed E-state index contributed by atoms with van der Waals surface area (Å²) in [5.41, 5.74) is 0.797. The van der Waals surface area contributed by atoms with Crippen LogP contribution in [0.15, 0.2) is 53.4 Å². The number of nitriles is 1. The number of hydrogen-bond donors (Lipinski definition) is 1. The highest BCUT2D eigenvalue weighted by molar-refractivity contribution is 7.89. The highest BCUT2D eigenvalue weighted by atomic mass is 32.2. The smallest absolute Gasteiger partial charge is 0.244 e. The van der Waals surface area contributed by atoms with Gasteiger partial charge in [0.05, 0.1) is 17.6 Å². The minimum atomic E-state index is -3.76. The van der Waals surface area contributed by atoms with Crippen LogP contribution >= 0.6 is 0 Å². The van der Waals surface area contributed by atoms with Crippen LogP contribution in [0.2, 0.25) is 0 Å². The summed E-state index contributed by atoms with van der Waals surface area (Å²) in [6.45, 7) is 0.478. The number of sulfonamides is 1. The number of amides is 1. The molecule has 0 spiro atoms. The van der Waals surface area contributed by atoms with Gasteiger partial charge in [0.15, 0.2) is 0 Å². The Labute approximate surface area is 164 Å². The van der Waals surface area contributed by atoms with E-state index < -0.39 is 10.0 Å². The zero-order chi connectivity index (χ0) is 20.1. The first-order valence-corrected chi connectivity index (χ1v) is 10.3. The van der Waals surface area contributed by atoms with Crippen molar-refractivity contribution < 1.29 is 17.9 Å². The molecule has 1 saturated heterocycles.